The first kappa shape index (κ1) is 23.6. The molecule has 1 fully saturated rings. The molecule has 0 spiro atoms. The number of likely N-dealkylation sites (N-methyl/N-ethyl adjacent to an activating group) is 1. The Kier molecular flexibility index (Phi) is 14.4. The first-order valence-corrected chi connectivity index (χ1v) is 8.65. The van der Waals surface area contributed by atoms with Gasteiger partial charge in [0, 0.05) is 19.6 Å². The van der Waals surface area contributed by atoms with Gasteiger partial charge in [0.05, 0.1) is 6.04 Å². The number of amides is 1. The van der Waals surface area contributed by atoms with Gasteiger partial charge in [-0.15, -0.1) is 24.8 Å². The third-order valence-electron chi connectivity index (χ3n) is 4.05. The van der Waals surface area contributed by atoms with E-state index < -0.39 is 0 Å². The second-order valence-corrected chi connectivity index (χ2v) is 6.55. The SMILES string of the molecule is CSCC[C@H](N)C(=O)N(C)CCC1CCCCN1C.Cl.Cl. The van der Waals surface area contributed by atoms with Crippen molar-refractivity contribution in [2.45, 2.75) is 44.2 Å². The third kappa shape index (κ3) is 8.50. The summed E-state index contributed by atoms with van der Waals surface area (Å²) in [6.07, 6.45) is 7.76. The van der Waals surface area contributed by atoms with Crippen LogP contribution in [0, 0.1) is 0 Å². The van der Waals surface area contributed by atoms with Crippen molar-refractivity contribution in [1.82, 2.24) is 9.80 Å². The number of thioether (sulfide) groups is 1. The molecule has 0 saturated carbocycles. The number of carbonyl (C=O) groups excluding carboxylic acids is 1. The molecule has 1 aliphatic heterocycles. The first-order valence-electron chi connectivity index (χ1n) is 7.26. The zero-order valence-electron chi connectivity index (χ0n) is 13.4. The van der Waals surface area contributed by atoms with Crippen LogP contribution in [0.2, 0.25) is 0 Å². The summed E-state index contributed by atoms with van der Waals surface area (Å²) in [5, 5.41) is 0. The highest BCUT2D eigenvalue weighted by molar-refractivity contribution is 7.98. The van der Waals surface area contributed by atoms with Crippen LogP contribution in [0.5, 0.6) is 0 Å². The molecule has 1 saturated heterocycles. The van der Waals surface area contributed by atoms with Crippen LogP contribution >= 0.6 is 36.6 Å². The summed E-state index contributed by atoms with van der Waals surface area (Å²) in [6, 6.07) is 0.299. The maximum atomic E-state index is 12.1. The fourth-order valence-electron chi connectivity index (χ4n) is 2.61. The zero-order chi connectivity index (χ0) is 14.3. The van der Waals surface area contributed by atoms with Crippen molar-refractivity contribution in [2.24, 2.45) is 5.73 Å². The molecule has 4 nitrogen and oxygen atoms in total. The lowest BCUT2D eigenvalue weighted by Gasteiger charge is -2.33. The van der Waals surface area contributed by atoms with Crippen molar-refractivity contribution in [3.63, 3.8) is 0 Å². The summed E-state index contributed by atoms with van der Waals surface area (Å²) in [6.45, 7) is 2.01. The Labute approximate surface area is 146 Å². The van der Waals surface area contributed by atoms with Gasteiger partial charge in [-0.3, -0.25) is 4.79 Å². The average molecular weight is 360 g/mol. The van der Waals surface area contributed by atoms with Crippen LogP contribution in [0.3, 0.4) is 0 Å². The van der Waals surface area contributed by atoms with E-state index in [-0.39, 0.29) is 36.8 Å². The molecule has 0 aliphatic carbocycles. The van der Waals surface area contributed by atoms with E-state index in [0.29, 0.717) is 6.04 Å². The Balaban J connectivity index is 0. The van der Waals surface area contributed by atoms with Gasteiger partial charge in [0.15, 0.2) is 0 Å². The molecule has 1 unspecified atom stereocenters. The molecule has 0 radical (unpaired) electrons. The van der Waals surface area contributed by atoms with Crippen LogP contribution in [-0.2, 0) is 4.79 Å². The highest BCUT2D eigenvalue weighted by Crippen LogP contribution is 2.18. The molecule has 2 atom stereocenters. The Hall–Kier alpha value is 0.320. The monoisotopic (exact) mass is 359 g/mol. The number of hydrogen-bond acceptors (Lipinski definition) is 4. The standard InChI is InChI=1S/C14H29N3OS.2ClH/c1-16-9-5-4-6-12(16)7-10-17(2)14(18)13(15)8-11-19-3;;/h12-13H,4-11,15H2,1-3H3;2*1H/t12?,13-;;/m0../s1. The van der Waals surface area contributed by atoms with Gasteiger partial charge >= 0.3 is 0 Å². The molecule has 1 amide bonds. The molecular weight excluding hydrogens is 329 g/mol. The van der Waals surface area contributed by atoms with E-state index >= 15 is 0 Å². The number of piperidine rings is 1. The highest BCUT2D eigenvalue weighted by atomic mass is 35.5. The van der Waals surface area contributed by atoms with E-state index in [1.165, 1.54) is 25.8 Å². The van der Waals surface area contributed by atoms with Crippen molar-refractivity contribution in [3.8, 4) is 0 Å². The van der Waals surface area contributed by atoms with Gasteiger partial charge < -0.3 is 15.5 Å². The number of carbonyl (C=O) groups is 1. The van der Waals surface area contributed by atoms with Crippen molar-refractivity contribution in [1.29, 1.82) is 0 Å². The van der Waals surface area contributed by atoms with Gasteiger partial charge in [0.25, 0.3) is 0 Å². The molecule has 7 heteroatoms. The number of nitrogens with two attached hydrogens (primary N) is 1. The molecule has 1 heterocycles. The van der Waals surface area contributed by atoms with Gasteiger partial charge in [0.1, 0.15) is 0 Å². The average Bonchev–Trinajstić information content (AvgIpc) is 2.42. The molecule has 0 aromatic rings. The van der Waals surface area contributed by atoms with Crippen molar-refractivity contribution < 1.29 is 4.79 Å². The van der Waals surface area contributed by atoms with E-state index in [4.69, 9.17) is 5.73 Å². The van der Waals surface area contributed by atoms with Crippen LogP contribution < -0.4 is 5.73 Å². The second kappa shape index (κ2) is 12.8. The van der Waals surface area contributed by atoms with Crippen molar-refractivity contribution in [3.05, 3.63) is 0 Å². The first-order chi connectivity index (χ1) is 9.06. The van der Waals surface area contributed by atoms with Crippen LogP contribution in [-0.4, -0.2) is 67.0 Å². The molecule has 1 rings (SSSR count). The maximum absolute atomic E-state index is 12.1. The number of rotatable bonds is 7. The van der Waals surface area contributed by atoms with E-state index in [2.05, 4.69) is 11.9 Å². The third-order valence-corrected chi connectivity index (χ3v) is 4.69. The largest absolute Gasteiger partial charge is 0.344 e. The minimum absolute atomic E-state index is 0. The summed E-state index contributed by atoms with van der Waals surface area (Å²) >= 11 is 1.74. The number of halogens is 2. The molecule has 1 aliphatic rings. The lowest BCUT2D eigenvalue weighted by molar-refractivity contribution is -0.131. The second-order valence-electron chi connectivity index (χ2n) is 5.57. The topological polar surface area (TPSA) is 49.6 Å². The quantitative estimate of drug-likeness (QED) is 0.757. The van der Waals surface area contributed by atoms with Crippen LogP contribution in [0.15, 0.2) is 0 Å². The highest BCUT2D eigenvalue weighted by Gasteiger charge is 2.22. The summed E-state index contributed by atoms with van der Waals surface area (Å²) in [5.74, 6) is 1.04. The Morgan fingerprint density at radius 2 is 2.10 bits per heavy atom. The summed E-state index contributed by atoms with van der Waals surface area (Å²) in [5.41, 5.74) is 5.93. The minimum Gasteiger partial charge on any atom is -0.344 e. The van der Waals surface area contributed by atoms with Crippen molar-refractivity contribution >= 4 is 42.5 Å². The van der Waals surface area contributed by atoms with Crippen LogP contribution in [0.1, 0.15) is 32.1 Å². The van der Waals surface area contributed by atoms with Gasteiger partial charge in [0.2, 0.25) is 5.91 Å². The molecule has 0 bridgehead atoms. The van der Waals surface area contributed by atoms with E-state index in [0.717, 1.165) is 25.1 Å². The van der Waals surface area contributed by atoms with E-state index in [1.54, 1.807) is 11.8 Å². The van der Waals surface area contributed by atoms with Crippen LogP contribution in [0.25, 0.3) is 0 Å². The number of nitrogens with zero attached hydrogens (tertiary/aromatic N) is 2. The zero-order valence-corrected chi connectivity index (χ0v) is 15.9. The molecular formula is C14H31Cl2N3OS. The molecule has 128 valence electrons. The van der Waals surface area contributed by atoms with Gasteiger partial charge in [-0.1, -0.05) is 6.42 Å². The Morgan fingerprint density at radius 1 is 1.43 bits per heavy atom. The smallest absolute Gasteiger partial charge is 0.239 e. The van der Waals surface area contributed by atoms with Crippen LogP contribution in [0.4, 0.5) is 0 Å². The lowest BCUT2D eigenvalue weighted by atomic mass is 10.00. The predicted molar refractivity (Wildman–Crippen MR) is 98.0 cm³/mol. The molecule has 2 N–H and O–H groups in total. The Bertz CT molecular complexity index is 285. The maximum Gasteiger partial charge on any atom is 0.239 e. The van der Waals surface area contributed by atoms with E-state index in [1.807, 2.05) is 18.2 Å². The van der Waals surface area contributed by atoms with Gasteiger partial charge in [-0.05, 0) is 51.3 Å². The fourth-order valence-corrected chi connectivity index (χ4v) is 3.10. The van der Waals surface area contributed by atoms with Crippen molar-refractivity contribution in [2.75, 3.05) is 39.2 Å². The van der Waals surface area contributed by atoms with E-state index in [9.17, 15) is 4.79 Å². The molecule has 0 aromatic heterocycles. The molecule has 0 aromatic carbocycles. The van der Waals surface area contributed by atoms with Gasteiger partial charge in [-0.25, -0.2) is 0 Å². The Morgan fingerprint density at radius 3 is 2.67 bits per heavy atom. The fraction of sp³-hybridized carbons (Fsp3) is 0.929. The normalized spacial score (nSPS) is 20.1. The number of likely N-dealkylation sites (tertiary alicyclic amines) is 1. The summed E-state index contributed by atoms with van der Waals surface area (Å²) < 4.78 is 0. The molecule has 21 heavy (non-hydrogen) atoms. The number of hydrogen-bond donors (Lipinski definition) is 1. The lowest BCUT2D eigenvalue weighted by Crippen LogP contribution is -2.44. The summed E-state index contributed by atoms with van der Waals surface area (Å²) in [7, 11) is 4.07. The minimum atomic E-state index is -0.332. The summed E-state index contributed by atoms with van der Waals surface area (Å²) in [4.78, 5) is 16.3. The predicted octanol–water partition coefficient (Wildman–Crippen LogP) is 2.24. The van der Waals surface area contributed by atoms with Gasteiger partial charge in [-0.2, -0.15) is 11.8 Å².